The van der Waals surface area contributed by atoms with Gasteiger partial charge in [-0.05, 0) is 56.7 Å². The molecule has 1 aromatic heterocycles. The molecule has 0 radical (unpaired) electrons. The summed E-state index contributed by atoms with van der Waals surface area (Å²) in [6.45, 7) is 11.8. The van der Waals surface area contributed by atoms with E-state index in [1.807, 2.05) is 11.5 Å². The number of carbonyl (C=O) groups excluding carboxylic acids is 1. The number of aryl methyl sites for hydroxylation is 1. The van der Waals surface area contributed by atoms with Crippen LogP contribution in [0.5, 0.6) is 0 Å². The summed E-state index contributed by atoms with van der Waals surface area (Å²) in [5.74, 6) is 0.662. The average Bonchev–Trinajstić information content (AvgIpc) is 2.54. The second kappa shape index (κ2) is 10.7. The van der Waals surface area contributed by atoms with Gasteiger partial charge in [-0.1, -0.05) is 34.1 Å². The average molecular weight is 383 g/mol. The number of hydrogen-bond acceptors (Lipinski definition) is 4. The molecule has 1 atom stereocenters. The zero-order valence-corrected chi connectivity index (χ0v) is 17.7. The molecule has 0 aliphatic heterocycles. The Morgan fingerprint density at radius 1 is 1.23 bits per heavy atom. The Morgan fingerprint density at radius 2 is 1.88 bits per heavy atom. The van der Waals surface area contributed by atoms with Crippen molar-refractivity contribution in [2.45, 2.75) is 73.3 Å². The van der Waals surface area contributed by atoms with Gasteiger partial charge in [0.15, 0.2) is 4.77 Å². The minimum atomic E-state index is -0.408. The Balaban J connectivity index is 2.28. The van der Waals surface area contributed by atoms with Crippen LogP contribution in [0.4, 0.5) is 0 Å². The number of ether oxygens (including phenoxy) is 1. The van der Waals surface area contributed by atoms with Crippen LogP contribution in [0.15, 0.2) is 17.1 Å². The first-order valence-electron chi connectivity index (χ1n) is 9.64. The molecule has 0 spiro atoms. The van der Waals surface area contributed by atoms with E-state index >= 15 is 0 Å². The number of hydrogen-bond donors (Lipinski definition) is 1. The van der Waals surface area contributed by atoms with Crippen LogP contribution in [0.3, 0.4) is 0 Å². The molecule has 5 nitrogen and oxygen atoms in total. The predicted molar refractivity (Wildman–Crippen MR) is 108 cm³/mol. The summed E-state index contributed by atoms with van der Waals surface area (Å²) in [5.41, 5.74) is -0.576. The Morgan fingerprint density at radius 3 is 2.46 bits per heavy atom. The van der Waals surface area contributed by atoms with E-state index in [0.717, 1.165) is 38.6 Å². The number of nitrogens with zero attached hydrogens (tertiary/aromatic N) is 1. The predicted octanol–water partition coefficient (Wildman–Crippen LogP) is 4.72. The normalized spacial score (nSPS) is 13.8. The van der Waals surface area contributed by atoms with E-state index in [9.17, 15) is 9.59 Å². The zero-order chi connectivity index (χ0) is 19.7. The highest BCUT2D eigenvalue weighted by atomic mass is 32.1. The van der Waals surface area contributed by atoms with Crippen molar-refractivity contribution in [3.05, 3.63) is 27.4 Å². The summed E-state index contributed by atoms with van der Waals surface area (Å²) in [4.78, 5) is 26.3. The van der Waals surface area contributed by atoms with E-state index in [1.54, 1.807) is 6.20 Å². The van der Waals surface area contributed by atoms with Crippen LogP contribution < -0.4 is 5.56 Å². The number of carbonyl (C=O) groups is 1. The van der Waals surface area contributed by atoms with Gasteiger partial charge in [-0.3, -0.25) is 14.6 Å². The molecule has 0 aromatic carbocycles. The smallest absolute Gasteiger partial charge is 0.312 e. The lowest BCUT2D eigenvalue weighted by molar-refractivity contribution is -0.159. The van der Waals surface area contributed by atoms with E-state index in [4.69, 9.17) is 17.0 Å². The maximum Gasteiger partial charge on any atom is 0.312 e. The third-order valence-corrected chi connectivity index (χ3v) is 5.33. The van der Waals surface area contributed by atoms with E-state index in [0.29, 0.717) is 17.3 Å². The van der Waals surface area contributed by atoms with Crippen molar-refractivity contribution in [3.8, 4) is 0 Å². The number of rotatable bonds is 11. The summed E-state index contributed by atoms with van der Waals surface area (Å²) in [5, 5.41) is 0. The van der Waals surface area contributed by atoms with E-state index in [2.05, 4.69) is 32.7 Å². The third-order valence-electron chi connectivity index (χ3n) is 5.00. The largest absolute Gasteiger partial charge is 0.465 e. The highest BCUT2D eigenvalue weighted by molar-refractivity contribution is 7.71. The molecule has 0 aliphatic carbocycles. The number of aromatic nitrogens is 2. The number of esters is 1. The molecular formula is C20H34N2O3S. The van der Waals surface area contributed by atoms with Crippen LogP contribution in [0.2, 0.25) is 0 Å². The molecule has 1 unspecified atom stereocenters. The molecule has 1 rings (SSSR count). The number of nitrogens with one attached hydrogen (secondary N) is 1. The van der Waals surface area contributed by atoms with E-state index < -0.39 is 5.41 Å². The van der Waals surface area contributed by atoms with Crippen molar-refractivity contribution in [2.75, 3.05) is 6.61 Å². The van der Waals surface area contributed by atoms with Gasteiger partial charge >= 0.3 is 5.97 Å². The monoisotopic (exact) mass is 382 g/mol. The van der Waals surface area contributed by atoms with Crippen molar-refractivity contribution in [1.82, 2.24) is 9.55 Å². The topological polar surface area (TPSA) is 64.1 Å². The first kappa shape index (κ1) is 22.6. The molecule has 26 heavy (non-hydrogen) atoms. The number of aromatic amines is 1. The molecule has 1 aromatic rings. The number of H-pyrrole nitrogens is 1. The molecule has 148 valence electrons. The van der Waals surface area contributed by atoms with E-state index in [-0.39, 0.29) is 17.4 Å². The Hall–Kier alpha value is -1.43. The first-order chi connectivity index (χ1) is 12.2. The van der Waals surface area contributed by atoms with Gasteiger partial charge in [0.25, 0.3) is 5.56 Å². The molecule has 0 bridgehead atoms. The van der Waals surface area contributed by atoms with E-state index in [1.165, 1.54) is 6.07 Å². The molecule has 0 fully saturated rings. The number of unbranched alkanes of at least 4 members (excludes halogenated alkanes) is 3. The van der Waals surface area contributed by atoms with Crippen LogP contribution in [0.1, 0.15) is 66.7 Å². The summed E-state index contributed by atoms with van der Waals surface area (Å²) in [7, 11) is 0. The van der Waals surface area contributed by atoms with Gasteiger partial charge in [0, 0.05) is 18.8 Å². The van der Waals surface area contributed by atoms with Crippen molar-refractivity contribution >= 4 is 18.2 Å². The fourth-order valence-electron chi connectivity index (χ4n) is 3.09. The van der Waals surface area contributed by atoms with Gasteiger partial charge in [-0.25, -0.2) is 0 Å². The standard InChI is InChI=1S/C20H34N2O3S/c1-15(2)14-20(5,16(3)4)18(24)25-13-9-7-6-8-11-22-12-10-17(23)21-19(22)26/h10,12,15-16H,6-9,11,13-14H2,1-5H3,(H,21,23,26). The summed E-state index contributed by atoms with van der Waals surface area (Å²) in [6.07, 6.45) is 6.47. The van der Waals surface area contributed by atoms with Crippen molar-refractivity contribution in [1.29, 1.82) is 0 Å². The highest BCUT2D eigenvalue weighted by Crippen LogP contribution is 2.35. The van der Waals surface area contributed by atoms with Gasteiger partial charge in [-0.2, -0.15) is 0 Å². The highest BCUT2D eigenvalue weighted by Gasteiger charge is 2.38. The minimum absolute atomic E-state index is 0.0688. The van der Waals surface area contributed by atoms with Gasteiger partial charge < -0.3 is 9.30 Å². The fraction of sp³-hybridized carbons (Fsp3) is 0.750. The second-order valence-corrected chi connectivity index (χ2v) is 8.41. The fourth-order valence-corrected chi connectivity index (χ4v) is 3.34. The Labute approximate surface area is 162 Å². The minimum Gasteiger partial charge on any atom is -0.465 e. The SMILES string of the molecule is CC(C)CC(C)(C(=O)OCCCCCCn1ccc(=O)[nH]c1=S)C(C)C. The molecule has 0 aliphatic rings. The van der Waals surface area contributed by atoms with Gasteiger partial charge in [0.1, 0.15) is 0 Å². The van der Waals surface area contributed by atoms with Crippen LogP contribution in [0.25, 0.3) is 0 Å². The lowest BCUT2D eigenvalue weighted by Crippen LogP contribution is -2.36. The van der Waals surface area contributed by atoms with Crippen LogP contribution in [-0.2, 0) is 16.1 Å². The third kappa shape index (κ3) is 7.06. The summed E-state index contributed by atoms with van der Waals surface area (Å²) in [6, 6.07) is 1.48. The van der Waals surface area contributed by atoms with Gasteiger partial charge in [-0.15, -0.1) is 0 Å². The van der Waals surface area contributed by atoms with Crippen LogP contribution in [0, 0.1) is 22.0 Å². The Bertz CT molecular complexity index is 678. The second-order valence-electron chi connectivity index (χ2n) is 8.02. The molecule has 6 heteroatoms. The molecule has 1 N–H and O–H groups in total. The van der Waals surface area contributed by atoms with Gasteiger partial charge in [0.05, 0.1) is 12.0 Å². The van der Waals surface area contributed by atoms with Crippen LogP contribution in [-0.4, -0.2) is 22.1 Å². The first-order valence-corrected chi connectivity index (χ1v) is 10.0. The van der Waals surface area contributed by atoms with Crippen LogP contribution >= 0.6 is 12.2 Å². The van der Waals surface area contributed by atoms with Crippen molar-refractivity contribution < 1.29 is 9.53 Å². The lowest BCUT2D eigenvalue weighted by Gasteiger charge is -2.32. The molecule has 0 amide bonds. The van der Waals surface area contributed by atoms with Crippen molar-refractivity contribution in [2.24, 2.45) is 17.3 Å². The molecule has 0 saturated carbocycles. The molecular weight excluding hydrogens is 348 g/mol. The van der Waals surface area contributed by atoms with Gasteiger partial charge in [0.2, 0.25) is 0 Å². The zero-order valence-electron chi connectivity index (χ0n) is 16.8. The quantitative estimate of drug-likeness (QED) is 0.342. The summed E-state index contributed by atoms with van der Waals surface area (Å²) >= 11 is 5.12. The Kier molecular flexibility index (Phi) is 9.27. The lowest BCUT2D eigenvalue weighted by atomic mass is 9.73. The maximum absolute atomic E-state index is 12.5. The molecule has 1 heterocycles. The molecule has 0 saturated heterocycles. The summed E-state index contributed by atoms with van der Waals surface area (Å²) < 4.78 is 7.90. The van der Waals surface area contributed by atoms with Crippen molar-refractivity contribution in [3.63, 3.8) is 0 Å². The maximum atomic E-state index is 12.5.